The van der Waals surface area contributed by atoms with E-state index in [2.05, 4.69) is 21.1 Å². The maximum Gasteiger partial charge on any atom is 0.191 e. The number of para-hydroxylation sites is 3. The molecule has 27 heavy (non-hydrogen) atoms. The number of rotatable bonds is 4. The fourth-order valence-corrected chi connectivity index (χ4v) is 3.20. The molecule has 0 aliphatic heterocycles. The van der Waals surface area contributed by atoms with Crippen molar-refractivity contribution < 1.29 is 4.79 Å². The van der Waals surface area contributed by atoms with Crippen LogP contribution in [0.5, 0.6) is 0 Å². The van der Waals surface area contributed by atoms with Gasteiger partial charge in [0.1, 0.15) is 5.82 Å². The fourth-order valence-electron chi connectivity index (χ4n) is 3.20. The van der Waals surface area contributed by atoms with Crippen molar-refractivity contribution in [2.45, 2.75) is 19.8 Å². The molecule has 2 heterocycles. The van der Waals surface area contributed by atoms with Crippen molar-refractivity contribution in [1.29, 1.82) is 5.26 Å². The van der Waals surface area contributed by atoms with Crippen molar-refractivity contribution in [3.05, 3.63) is 77.4 Å². The van der Waals surface area contributed by atoms with Crippen LogP contribution in [-0.4, -0.2) is 25.5 Å². The number of aromatic nitrogens is 4. The number of aromatic amines is 1. The molecule has 2 aromatic heterocycles. The summed E-state index contributed by atoms with van der Waals surface area (Å²) in [6.07, 6.45) is 1.52. The van der Waals surface area contributed by atoms with Gasteiger partial charge >= 0.3 is 0 Å². The SMILES string of the molecule is Cc1ccccc1-n1ncc(C(=O)C(C#N)c2nc3ccccc3[nH]2)c1C. The molecule has 0 bridgehead atoms. The van der Waals surface area contributed by atoms with Crippen molar-refractivity contribution >= 4 is 16.8 Å². The van der Waals surface area contributed by atoms with E-state index in [0.29, 0.717) is 17.1 Å². The number of ketones is 1. The van der Waals surface area contributed by atoms with E-state index < -0.39 is 5.92 Å². The highest BCUT2D eigenvalue weighted by Gasteiger charge is 2.28. The van der Waals surface area contributed by atoms with Crippen molar-refractivity contribution in [3.8, 4) is 11.8 Å². The Kier molecular flexibility index (Phi) is 4.05. The molecule has 0 aliphatic rings. The van der Waals surface area contributed by atoms with Gasteiger partial charge in [-0.2, -0.15) is 10.4 Å². The number of nitriles is 1. The van der Waals surface area contributed by atoms with Gasteiger partial charge in [-0.15, -0.1) is 0 Å². The number of imidazole rings is 1. The monoisotopic (exact) mass is 355 g/mol. The Morgan fingerprint density at radius 3 is 2.63 bits per heavy atom. The van der Waals surface area contributed by atoms with Gasteiger partial charge in [-0.1, -0.05) is 30.3 Å². The number of hydrogen-bond donors (Lipinski definition) is 1. The van der Waals surface area contributed by atoms with Crippen molar-refractivity contribution in [3.63, 3.8) is 0 Å². The third-order valence-electron chi connectivity index (χ3n) is 4.69. The van der Waals surface area contributed by atoms with Crippen LogP contribution in [0.1, 0.15) is 33.4 Å². The predicted molar refractivity (Wildman–Crippen MR) is 102 cm³/mol. The Morgan fingerprint density at radius 1 is 1.15 bits per heavy atom. The molecule has 0 aliphatic carbocycles. The van der Waals surface area contributed by atoms with Crippen LogP contribution in [0.15, 0.2) is 54.7 Å². The number of fused-ring (bicyclic) bond motifs is 1. The lowest BCUT2D eigenvalue weighted by Gasteiger charge is -2.09. The van der Waals surface area contributed by atoms with Gasteiger partial charge in [0.25, 0.3) is 0 Å². The Labute approximate surface area is 156 Å². The molecular formula is C21H17N5O. The Morgan fingerprint density at radius 2 is 1.89 bits per heavy atom. The van der Waals surface area contributed by atoms with E-state index >= 15 is 0 Å². The van der Waals surface area contributed by atoms with Crippen LogP contribution >= 0.6 is 0 Å². The molecule has 2 aromatic carbocycles. The number of hydrogen-bond acceptors (Lipinski definition) is 4. The molecule has 6 heteroatoms. The predicted octanol–water partition coefficient (Wildman–Crippen LogP) is 3.86. The molecule has 0 saturated heterocycles. The number of carbonyl (C=O) groups excluding carboxylic acids is 1. The standard InChI is InChI=1S/C21H17N5O/c1-13-7-3-6-10-19(13)26-14(2)16(12-23-26)20(27)15(11-22)21-24-17-8-4-5-9-18(17)25-21/h3-10,12,15H,1-2H3,(H,24,25). The van der Waals surface area contributed by atoms with Gasteiger partial charge in [0.15, 0.2) is 11.7 Å². The molecular weight excluding hydrogens is 338 g/mol. The third-order valence-corrected chi connectivity index (χ3v) is 4.69. The number of nitrogens with zero attached hydrogens (tertiary/aromatic N) is 4. The average Bonchev–Trinajstić information content (AvgIpc) is 3.26. The third kappa shape index (κ3) is 2.79. The summed E-state index contributed by atoms with van der Waals surface area (Å²) in [5.74, 6) is -0.966. The second-order valence-electron chi connectivity index (χ2n) is 6.41. The number of H-pyrrole nitrogens is 1. The fraction of sp³-hybridized carbons (Fsp3) is 0.143. The van der Waals surface area contributed by atoms with Crippen molar-refractivity contribution in [1.82, 2.24) is 19.7 Å². The molecule has 1 atom stereocenters. The van der Waals surface area contributed by atoms with Crippen LogP contribution in [0.3, 0.4) is 0 Å². The molecule has 0 spiro atoms. The average molecular weight is 355 g/mol. The zero-order valence-electron chi connectivity index (χ0n) is 15.0. The molecule has 0 radical (unpaired) electrons. The summed E-state index contributed by atoms with van der Waals surface area (Å²) in [6, 6.07) is 17.4. The van der Waals surface area contributed by atoms with E-state index in [-0.39, 0.29) is 5.78 Å². The van der Waals surface area contributed by atoms with E-state index in [1.54, 1.807) is 4.68 Å². The second kappa shape index (κ2) is 6.54. The minimum absolute atomic E-state index is 0.311. The van der Waals surface area contributed by atoms with E-state index in [4.69, 9.17) is 0 Å². The number of benzene rings is 2. The van der Waals surface area contributed by atoms with E-state index in [1.165, 1.54) is 6.20 Å². The summed E-state index contributed by atoms with van der Waals surface area (Å²) in [7, 11) is 0. The highest BCUT2D eigenvalue weighted by molar-refractivity contribution is 6.03. The Hall–Kier alpha value is -3.72. The van der Waals surface area contributed by atoms with Gasteiger partial charge < -0.3 is 4.98 Å². The number of carbonyl (C=O) groups is 1. The van der Waals surface area contributed by atoms with Gasteiger partial charge in [-0.25, -0.2) is 9.67 Å². The zero-order valence-corrected chi connectivity index (χ0v) is 15.0. The van der Waals surface area contributed by atoms with Crippen molar-refractivity contribution in [2.75, 3.05) is 0 Å². The minimum atomic E-state index is -1.01. The highest BCUT2D eigenvalue weighted by atomic mass is 16.1. The maximum atomic E-state index is 13.1. The summed E-state index contributed by atoms with van der Waals surface area (Å²) >= 11 is 0. The molecule has 0 fully saturated rings. The molecule has 4 aromatic rings. The lowest BCUT2D eigenvalue weighted by Crippen LogP contribution is -2.14. The van der Waals surface area contributed by atoms with Crippen LogP contribution in [0, 0.1) is 25.2 Å². The highest BCUT2D eigenvalue weighted by Crippen LogP contribution is 2.24. The summed E-state index contributed by atoms with van der Waals surface area (Å²) < 4.78 is 1.73. The summed E-state index contributed by atoms with van der Waals surface area (Å²) in [5.41, 5.74) is 4.61. The Balaban J connectivity index is 1.74. The second-order valence-corrected chi connectivity index (χ2v) is 6.41. The normalized spacial score (nSPS) is 12.0. The first-order valence-electron chi connectivity index (χ1n) is 8.59. The molecule has 1 N–H and O–H groups in total. The molecule has 4 rings (SSSR count). The lowest BCUT2D eigenvalue weighted by atomic mass is 9.99. The van der Waals surface area contributed by atoms with E-state index in [9.17, 15) is 10.1 Å². The van der Waals surface area contributed by atoms with E-state index in [0.717, 1.165) is 22.3 Å². The molecule has 0 amide bonds. The van der Waals surface area contributed by atoms with Crippen LogP contribution in [0.4, 0.5) is 0 Å². The first kappa shape index (κ1) is 16.7. The van der Waals surface area contributed by atoms with E-state index in [1.807, 2.05) is 62.4 Å². The first-order chi connectivity index (χ1) is 13.1. The van der Waals surface area contributed by atoms with Gasteiger partial charge in [-0.05, 0) is 37.6 Å². The smallest absolute Gasteiger partial charge is 0.191 e. The van der Waals surface area contributed by atoms with Crippen LogP contribution in [0.2, 0.25) is 0 Å². The number of Topliss-reactive ketones (excluding diaryl/α,β-unsaturated/α-hetero) is 1. The van der Waals surface area contributed by atoms with Gasteiger partial charge in [0.05, 0.1) is 40.2 Å². The molecule has 0 saturated carbocycles. The number of nitrogens with one attached hydrogen (secondary N) is 1. The van der Waals surface area contributed by atoms with Crippen LogP contribution in [0.25, 0.3) is 16.7 Å². The van der Waals surface area contributed by atoms with Gasteiger partial charge in [-0.3, -0.25) is 4.79 Å². The molecule has 1 unspecified atom stereocenters. The largest absolute Gasteiger partial charge is 0.340 e. The van der Waals surface area contributed by atoms with Crippen LogP contribution in [-0.2, 0) is 0 Å². The lowest BCUT2D eigenvalue weighted by molar-refractivity contribution is 0.0976. The minimum Gasteiger partial charge on any atom is -0.340 e. The van der Waals surface area contributed by atoms with Gasteiger partial charge in [0.2, 0.25) is 0 Å². The Bertz CT molecular complexity index is 1160. The van der Waals surface area contributed by atoms with Crippen molar-refractivity contribution in [2.24, 2.45) is 0 Å². The summed E-state index contributed by atoms with van der Waals surface area (Å²) in [4.78, 5) is 20.6. The number of aryl methyl sites for hydroxylation is 1. The van der Waals surface area contributed by atoms with Crippen LogP contribution < -0.4 is 0 Å². The summed E-state index contributed by atoms with van der Waals surface area (Å²) in [6.45, 7) is 3.82. The van der Waals surface area contributed by atoms with Gasteiger partial charge in [0, 0.05) is 0 Å². The summed E-state index contributed by atoms with van der Waals surface area (Å²) in [5, 5.41) is 14.0. The topological polar surface area (TPSA) is 87.4 Å². The zero-order chi connectivity index (χ0) is 19.0. The molecule has 132 valence electrons. The molecule has 6 nitrogen and oxygen atoms in total. The quantitative estimate of drug-likeness (QED) is 0.563. The first-order valence-corrected chi connectivity index (χ1v) is 8.59. The maximum absolute atomic E-state index is 13.1.